The van der Waals surface area contributed by atoms with E-state index in [1.165, 1.54) is 0 Å². The highest BCUT2D eigenvalue weighted by Crippen LogP contribution is 2.17. The number of rotatable bonds is 8. The van der Waals surface area contributed by atoms with Gasteiger partial charge >= 0.3 is 0 Å². The van der Waals surface area contributed by atoms with Crippen molar-refractivity contribution in [2.45, 2.75) is 39.0 Å². The first kappa shape index (κ1) is 19.0. The van der Waals surface area contributed by atoms with Crippen molar-refractivity contribution < 1.29 is 9.59 Å². The zero-order valence-electron chi connectivity index (χ0n) is 14.3. The minimum atomic E-state index is -0.249. The summed E-state index contributed by atoms with van der Waals surface area (Å²) in [6, 6.07) is 13.9. The zero-order chi connectivity index (χ0) is 18.1. The first-order valence-corrected chi connectivity index (χ1v) is 8.93. The van der Waals surface area contributed by atoms with Crippen LogP contribution in [0, 0.1) is 0 Å². The van der Waals surface area contributed by atoms with Gasteiger partial charge < -0.3 is 10.6 Å². The summed E-state index contributed by atoms with van der Waals surface area (Å²) in [6.07, 6.45) is 4.73. The minimum Gasteiger partial charge on any atom is -0.326 e. The van der Waals surface area contributed by atoms with Crippen LogP contribution in [0.2, 0.25) is 5.02 Å². The van der Waals surface area contributed by atoms with Gasteiger partial charge in [-0.1, -0.05) is 49.9 Å². The molecule has 0 bridgehead atoms. The summed E-state index contributed by atoms with van der Waals surface area (Å²) in [5, 5.41) is 6.20. The molecule has 0 fully saturated rings. The molecule has 0 aliphatic heterocycles. The van der Waals surface area contributed by atoms with Gasteiger partial charge in [0.15, 0.2) is 0 Å². The van der Waals surface area contributed by atoms with E-state index in [-0.39, 0.29) is 11.8 Å². The molecule has 2 aromatic rings. The highest BCUT2D eigenvalue weighted by Gasteiger charge is 2.09. The molecule has 5 heteroatoms. The molecule has 0 radical (unpaired) electrons. The minimum absolute atomic E-state index is 0.0245. The molecule has 0 saturated heterocycles. The second kappa shape index (κ2) is 9.84. The van der Waals surface area contributed by atoms with Crippen molar-refractivity contribution in [3.05, 3.63) is 59.1 Å². The number of halogens is 1. The van der Waals surface area contributed by atoms with Crippen LogP contribution in [0.3, 0.4) is 0 Å². The lowest BCUT2D eigenvalue weighted by Gasteiger charge is -2.09. The second-order valence-electron chi connectivity index (χ2n) is 5.90. The second-order valence-corrected chi connectivity index (χ2v) is 6.34. The van der Waals surface area contributed by atoms with E-state index in [4.69, 9.17) is 11.6 Å². The average molecular weight is 359 g/mol. The fourth-order valence-corrected chi connectivity index (χ4v) is 2.63. The van der Waals surface area contributed by atoms with E-state index in [0.717, 1.165) is 25.7 Å². The number of unbranched alkanes of at least 4 members (excludes halogenated alkanes) is 3. The third-order valence-corrected chi connectivity index (χ3v) is 3.98. The first-order chi connectivity index (χ1) is 12.1. The van der Waals surface area contributed by atoms with Gasteiger partial charge in [-0.25, -0.2) is 0 Å². The van der Waals surface area contributed by atoms with Crippen molar-refractivity contribution in [1.29, 1.82) is 0 Å². The Hall–Kier alpha value is -2.33. The quantitative estimate of drug-likeness (QED) is 0.612. The monoisotopic (exact) mass is 358 g/mol. The number of nitrogens with one attached hydrogen (secondary N) is 2. The summed E-state index contributed by atoms with van der Waals surface area (Å²) < 4.78 is 0. The Kier molecular flexibility index (Phi) is 7.48. The van der Waals surface area contributed by atoms with Gasteiger partial charge in [0.1, 0.15) is 0 Å². The molecule has 2 aromatic carbocycles. The molecule has 0 aromatic heterocycles. The van der Waals surface area contributed by atoms with Crippen LogP contribution in [0.4, 0.5) is 11.4 Å². The van der Waals surface area contributed by atoms with E-state index in [9.17, 15) is 9.59 Å². The average Bonchev–Trinajstić information content (AvgIpc) is 2.59. The largest absolute Gasteiger partial charge is 0.326 e. The molecule has 0 atom stereocenters. The molecule has 4 nitrogen and oxygen atoms in total. The molecule has 132 valence electrons. The SMILES string of the molecule is CCCCCCC(=O)Nc1cccc(C(=O)Nc2cccc(Cl)c2)c1. The van der Waals surface area contributed by atoms with E-state index in [0.29, 0.717) is 28.4 Å². The summed E-state index contributed by atoms with van der Waals surface area (Å²) in [7, 11) is 0. The first-order valence-electron chi connectivity index (χ1n) is 8.55. The zero-order valence-corrected chi connectivity index (χ0v) is 15.1. The van der Waals surface area contributed by atoms with E-state index in [2.05, 4.69) is 17.6 Å². The highest BCUT2D eigenvalue weighted by atomic mass is 35.5. The molecular formula is C20H23ClN2O2. The fraction of sp³-hybridized carbons (Fsp3) is 0.300. The van der Waals surface area contributed by atoms with Crippen LogP contribution < -0.4 is 10.6 Å². The molecule has 25 heavy (non-hydrogen) atoms. The van der Waals surface area contributed by atoms with Crippen molar-refractivity contribution in [3.8, 4) is 0 Å². The van der Waals surface area contributed by atoms with E-state index in [1.807, 2.05) is 0 Å². The summed E-state index contributed by atoms with van der Waals surface area (Å²) in [5.41, 5.74) is 1.73. The van der Waals surface area contributed by atoms with Crippen molar-refractivity contribution in [3.63, 3.8) is 0 Å². The Bertz CT molecular complexity index is 731. The molecule has 0 heterocycles. The third-order valence-electron chi connectivity index (χ3n) is 3.75. The summed E-state index contributed by atoms with van der Waals surface area (Å²) in [6.45, 7) is 2.14. The lowest BCUT2D eigenvalue weighted by Crippen LogP contribution is -2.14. The smallest absolute Gasteiger partial charge is 0.255 e. The van der Waals surface area contributed by atoms with Crippen LogP contribution in [0.1, 0.15) is 49.4 Å². The lowest BCUT2D eigenvalue weighted by molar-refractivity contribution is -0.116. The van der Waals surface area contributed by atoms with Gasteiger partial charge in [-0.2, -0.15) is 0 Å². The summed E-state index contributed by atoms with van der Waals surface area (Å²) in [4.78, 5) is 24.3. The maximum atomic E-state index is 12.3. The molecule has 0 aliphatic rings. The van der Waals surface area contributed by atoms with Gasteiger partial charge in [0.25, 0.3) is 5.91 Å². The molecule has 0 aliphatic carbocycles. The van der Waals surface area contributed by atoms with Crippen LogP contribution in [0.15, 0.2) is 48.5 Å². The van der Waals surface area contributed by atoms with Crippen molar-refractivity contribution in [2.75, 3.05) is 10.6 Å². The summed E-state index contributed by atoms with van der Waals surface area (Å²) in [5.74, 6) is -0.273. The Morgan fingerprint density at radius 3 is 2.36 bits per heavy atom. The topological polar surface area (TPSA) is 58.2 Å². The normalized spacial score (nSPS) is 10.3. The predicted molar refractivity (Wildman–Crippen MR) is 103 cm³/mol. The number of anilines is 2. The van der Waals surface area contributed by atoms with Gasteiger partial charge in [-0.05, 0) is 42.8 Å². The van der Waals surface area contributed by atoms with Crippen molar-refractivity contribution in [2.24, 2.45) is 0 Å². The molecule has 2 N–H and O–H groups in total. The standard InChI is InChI=1S/C20H23ClN2O2/c1-2-3-4-5-12-19(24)22-17-10-6-8-15(13-17)20(25)23-18-11-7-9-16(21)14-18/h6-11,13-14H,2-5,12H2,1H3,(H,22,24)(H,23,25). The number of benzene rings is 2. The molecule has 0 saturated carbocycles. The van der Waals surface area contributed by atoms with Gasteiger partial charge in [0.2, 0.25) is 5.91 Å². The Labute approximate surface area is 153 Å². The number of hydrogen-bond donors (Lipinski definition) is 2. The van der Waals surface area contributed by atoms with E-state index < -0.39 is 0 Å². The van der Waals surface area contributed by atoms with Gasteiger partial charge in [-0.3, -0.25) is 9.59 Å². The molecular weight excluding hydrogens is 336 g/mol. The molecule has 2 rings (SSSR count). The maximum Gasteiger partial charge on any atom is 0.255 e. The maximum absolute atomic E-state index is 12.3. The Morgan fingerprint density at radius 2 is 1.64 bits per heavy atom. The highest BCUT2D eigenvalue weighted by molar-refractivity contribution is 6.31. The van der Waals surface area contributed by atoms with Gasteiger partial charge in [0.05, 0.1) is 0 Å². The van der Waals surface area contributed by atoms with Crippen LogP contribution in [-0.2, 0) is 4.79 Å². The number of amides is 2. The van der Waals surface area contributed by atoms with Crippen molar-refractivity contribution in [1.82, 2.24) is 0 Å². The van der Waals surface area contributed by atoms with Crippen LogP contribution >= 0.6 is 11.6 Å². The fourth-order valence-electron chi connectivity index (χ4n) is 2.44. The van der Waals surface area contributed by atoms with Gasteiger partial charge in [0, 0.05) is 28.4 Å². The molecule has 0 spiro atoms. The van der Waals surface area contributed by atoms with Gasteiger partial charge in [-0.15, -0.1) is 0 Å². The summed E-state index contributed by atoms with van der Waals surface area (Å²) >= 11 is 5.92. The molecule has 2 amide bonds. The van der Waals surface area contributed by atoms with Crippen LogP contribution in [0.25, 0.3) is 0 Å². The van der Waals surface area contributed by atoms with E-state index >= 15 is 0 Å². The van der Waals surface area contributed by atoms with Crippen LogP contribution in [0.5, 0.6) is 0 Å². The Balaban J connectivity index is 1.93. The molecule has 0 unspecified atom stereocenters. The Morgan fingerprint density at radius 1 is 0.920 bits per heavy atom. The number of hydrogen-bond acceptors (Lipinski definition) is 2. The third kappa shape index (κ3) is 6.59. The van der Waals surface area contributed by atoms with Crippen molar-refractivity contribution >= 4 is 34.8 Å². The van der Waals surface area contributed by atoms with Crippen LogP contribution in [-0.4, -0.2) is 11.8 Å². The van der Waals surface area contributed by atoms with E-state index in [1.54, 1.807) is 48.5 Å². The predicted octanol–water partition coefficient (Wildman–Crippen LogP) is 5.50. The lowest BCUT2D eigenvalue weighted by atomic mass is 10.1. The number of carbonyl (C=O) groups is 2. The number of carbonyl (C=O) groups excluding carboxylic acids is 2.